The van der Waals surface area contributed by atoms with Crippen LogP contribution in [-0.4, -0.2) is 49.3 Å². The van der Waals surface area contributed by atoms with Crippen LogP contribution in [0.4, 0.5) is 0 Å². The molecule has 0 saturated carbocycles. The first-order valence-electron chi connectivity index (χ1n) is 4.76. The molecule has 3 N–H and O–H groups in total. The fourth-order valence-corrected chi connectivity index (χ4v) is 4.80. The second-order valence-electron chi connectivity index (χ2n) is 3.58. The summed E-state index contributed by atoms with van der Waals surface area (Å²) in [6.07, 6.45) is 0.593. The molecule has 1 unspecified atom stereocenters. The Hall–Kier alpha value is -0.760. The van der Waals surface area contributed by atoms with Crippen molar-refractivity contribution in [1.29, 1.82) is 0 Å². The standard InChI is InChI=1S/C8H14N2O4S2/c9-7(11)3-10-8(12)4-15-6-1-2-16(13,14)5-6/h6H,1-5H2,(H2,9,11)(H,10,12). The highest BCUT2D eigenvalue weighted by Crippen LogP contribution is 2.23. The molecule has 1 aliphatic rings. The summed E-state index contributed by atoms with van der Waals surface area (Å²) in [4.78, 5) is 21.5. The lowest BCUT2D eigenvalue weighted by molar-refractivity contribution is -0.123. The minimum atomic E-state index is -2.90. The second kappa shape index (κ2) is 5.53. The van der Waals surface area contributed by atoms with Crippen molar-refractivity contribution in [2.75, 3.05) is 23.8 Å². The first-order chi connectivity index (χ1) is 7.39. The van der Waals surface area contributed by atoms with E-state index in [1.54, 1.807) is 0 Å². The van der Waals surface area contributed by atoms with Crippen molar-refractivity contribution in [3.05, 3.63) is 0 Å². The number of hydrogen-bond donors (Lipinski definition) is 2. The predicted molar refractivity (Wildman–Crippen MR) is 61.7 cm³/mol. The van der Waals surface area contributed by atoms with E-state index in [0.29, 0.717) is 6.42 Å². The lowest BCUT2D eigenvalue weighted by Crippen LogP contribution is -2.34. The quantitative estimate of drug-likeness (QED) is 0.630. The van der Waals surface area contributed by atoms with E-state index in [-0.39, 0.29) is 35.0 Å². The first-order valence-corrected chi connectivity index (χ1v) is 7.63. The molecule has 92 valence electrons. The van der Waals surface area contributed by atoms with Gasteiger partial charge in [0.1, 0.15) is 0 Å². The smallest absolute Gasteiger partial charge is 0.236 e. The van der Waals surface area contributed by atoms with Gasteiger partial charge in [0.05, 0.1) is 23.8 Å². The van der Waals surface area contributed by atoms with Gasteiger partial charge in [-0.25, -0.2) is 8.42 Å². The predicted octanol–water partition coefficient (Wildman–Crippen LogP) is -1.49. The zero-order valence-electron chi connectivity index (χ0n) is 8.64. The summed E-state index contributed by atoms with van der Waals surface area (Å²) in [5, 5.41) is 2.33. The zero-order valence-corrected chi connectivity index (χ0v) is 10.3. The van der Waals surface area contributed by atoms with E-state index in [1.165, 1.54) is 11.8 Å². The van der Waals surface area contributed by atoms with Crippen molar-refractivity contribution >= 4 is 33.4 Å². The molecule has 16 heavy (non-hydrogen) atoms. The van der Waals surface area contributed by atoms with Crippen molar-refractivity contribution in [3.8, 4) is 0 Å². The van der Waals surface area contributed by atoms with Crippen LogP contribution < -0.4 is 11.1 Å². The van der Waals surface area contributed by atoms with Crippen molar-refractivity contribution < 1.29 is 18.0 Å². The molecule has 0 bridgehead atoms. The van der Waals surface area contributed by atoms with Gasteiger partial charge >= 0.3 is 0 Å². The third-order valence-electron chi connectivity index (χ3n) is 2.10. The highest BCUT2D eigenvalue weighted by molar-refractivity contribution is 8.02. The monoisotopic (exact) mass is 266 g/mol. The average molecular weight is 266 g/mol. The highest BCUT2D eigenvalue weighted by atomic mass is 32.2. The number of amides is 2. The molecule has 0 aromatic carbocycles. The number of carbonyl (C=O) groups excluding carboxylic acids is 2. The largest absolute Gasteiger partial charge is 0.368 e. The molecule has 1 saturated heterocycles. The summed E-state index contributed by atoms with van der Waals surface area (Å²) in [6.45, 7) is -0.178. The van der Waals surface area contributed by atoms with Crippen molar-refractivity contribution in [1.82, 2.24) is 5.32 Å². The van der Waals surface area contributed by atoms with Crippen LogP contribution in [0.2, 0.25) is 0 Å². The lowest BCUT2D eigenvalue weighted by Gasteiger charge is -2.06. The summed E-state index contributed by atoms with van der Waals surface area (Å²) >= 11 is 1.30. The number of nitrogens with one attached hydrogen (secondary N) is 1. The van der Waals surface area contributed by atoms with E-state index in [1.807, 2.05) is 0 Å². The van der Waals surface area contributed by atoms with Gasteiger partial charge in [-0.3, -0.25) is 9.59 Å². The fourth-order valence-electron chi connectivity index (χ4n) is 1.32. The zero-order chi connectivity index (χ0) is 12.2. The molecule has 0 aliphatic carbocycles. The molecule has 0 aromatic rings. The number of carbonyl (C=O) groups is 2. The normalized spacial score (nSPS) is 22.9. The highest BCUT2D eigenvalue weighted by Gasteiger charge is 2.28. The first kappa shape index (κ1) is 13.3. The van der Waals surface area contributed by atoms with Crippen molar-refractivity contribution in [3.63, 3.8) is 0 Å². The van der Waals surface area contributed by atoms with Gasteiger partial charge in [0.2, 0.25) is 11.8 Å². The number of thioether (sulfide) groups is 1. The van der Waals surface area contributed by atoms with E-state index in [2.05, 4.69) is 5.32 Å². The Kier molecular flexibility index (Phi) is 4.60. The molecule has 8 heteroatoms. The van der Waals surface area contributed by atoms with E-state index >= 15 is 0 Å². The van der Waals surface area contributed by atoms with E-state index in [0.717, 1.165) is 0 Å². The van der Waals surface area contributed by atoms with Gasteiger partial charge in [-0.1, -0.05) is 0 Å². The van der Waals surface area contributed by atoms with Gasteiger partial charge in [0, 0.05) is 5.25 Å². The summed E-state index contributed by atoms with van der Waals surface area (Å²) in [7, 11) is -2.90. The summed E-state index contributed by atoms with van der Waals surface area (Å²) in [5.74, 6) is -0.392. The Morgan fingerprint density at radius 3 is 2.62 bits per heavy atom. The Morgan fingerprint density at radius 1 is 1.44 bits per heavy atom. The van der Waals surface area contributed by atoms with Crippen molar-refractivity contribution in [2.45, 2.75) is 11.7 Å². The summed E-state index contributed by atoms with van der Waals surface area (Å²) in [6, 6.07) is 0. The van der Waals surface area contributed by atoms with E-state index in [4.69, 9.17) is 5.73 Å². The SMILES string of the molecule is NC(=O)CNC(=O)CSC1CCS(=O)(=O)C1. The maximum absolute atomic E-state index is 11.2. The van der Waals surface area contributed by atoms with E-state index < -0.39 is 15.7 Å². The maximum Gasteiger partial charge on any atom is 0.236 e. The molecule has 1 fully saturated rings. The molecule has 1 aliphatic heterocycles. The van der Waals surface area contributed by atoms with Crippen LogP contribution in [0.25, 0.3) is 0 Å². The molecular formula is C8H14N2O4S2. The molecule has 1 rings (SSSR count). The van der Waals surface area contributed by atoms with E-state index in [9.17, 15) is 18.0 Å². The maximum atomic E-state index is 11.2. The number of rotatable bonds is 5. The number of primary amides is 1. The van der Waals surface area contributed by atoms with Crippen LogP contribution in [0.3, 0.4) is 0 Å². The Morgan fingerprint density at radius 2 is 2.12 bits per heavy atom. The Balaban J connectivity index is 2.20. The molecule has 6 nitrogen and oxygen atoms in total. The topological polar surface area (TPSA) is 106 Å². The number of nitrogens with two attached hydrogens (primary N) is 1. The van der Waals surface area contributed by atoms with Crippen molar-refractivity contribution in [2.24, 2.45) is 5.73 Å². The number of hydrogen-bond acceptors (Lipinski definition) is 5. The Labute approximate surface area is 98.2 Å². The molecule has 0 spiro atoms. The van der Waals surface area contributed by atoms with Crippen LogP contribution in [0, 0.1) is 0 Å². The lowest BCUT2D eigenvalue weighted by atomic mass is 10.4. The molecular weight excluding hydrogens is 252 g/mol. The summed E-state index contributed by atoms with van der Waals surface area (Å²) < 4.78 is 22.3. The van der Waals surface area contributed by atoms with Gasteiger partial charge in [-0.05, 0) is 6.42 Å². The minimum absolute atomic E-state index is 0.00988. The average Bonchev–Trinajstić information content (AvgIpc) is 2.52. The van der Waals surface area contributed by atoms with Crippen LogP contribution in [-0.2, 0) is 19.4 Å². The third kappa shape index (κ3) is 4.84. The van der Waals surface area contributed by atoms with Gasteiger partial charge in [0.25, 0.3) is 0 Å². The van der Waals surface area contributed by atoms with Gasteiger partial charge in [0.15, 0.2) is 9.84 Å². The van der Waals surface area contributed by atoms with Gasteiger partial charge in [-0.2, -0.15) is 0 Å². The number of sulfone groups is 1. The second-order valence-corrected chi connectivity index (χ2v) is 7.10. The summed E-state index contributed by atoms with van der Waals surface area (Å²) in [5.41, 5.74) is 4.85. The van der Waals surface area contributed by atoms with Crippen LogP contribution in [0.5, 0.6) is 0 Å². The minimum Gasteiger partial charge on any atom is -0.368 e. The third-order valence-corrected chi connectivity index (χ3v) is 5.38. The van der Waals surface area contributed by atoms with Crippen LogP contribution in [0.1, 0.15) is 6.42 Å². The van der Waals surface area contributed by atoms with Crippen LogP contribution >= 0.6 is 11.8 Å². The molecule has 0 aromatic heterocycles. The Bertz CT molecular complexity index is 379. The van der Waals surface area contributed by atoms with Gasteiger partial charge < -0.3 is 11.1 Å². The molecule has 2 amide bonds. The fraction of sp³-hybridized carbons (Fsp3) is 0.750. The molecule has 0 radical (unpaired) electrons. The van der Waals surface area contributed by atoms with Crippen LogP contribution in [0.15, 0.2) is 0 Å². The molecule has 1 atom stereocenters. The molecule has 1 heterocycles. The van der Waals surface area contributed by atoms with Gasteiger partial charge in [-0.15, -0.1) is 11.8 Å².